The molecule has 3 rings (SSSR count). The van der Waals surface area contributed by atoms with E-state index in [1.165, 1.54) is 25.7 Å². The second kappa shape index (κ2) is 5.36. The highest BCUT2D eigenvalue weighted by Crippen LogP contribution is 2.33. The van der Waals surface area contributed by atoms with Gasteiger partial charge >= 0.3 is 0 Å². The molecule has 1 aromatic heterocycles. The third kappa shape index (κ3) is 2.42. The maximum atomic E-state index is 5.47. The Morgan fingerprint density at radius 2 is 2.00 bits per heavy atom. The first kappa shape index (κ1) is 12.1. The van der Waals surface area contributed by atoms with Gasteiger partial charge in [0.05, 0.1) is 6.04 Å². The summed E-state index contributed by atoms with van der Waals surface area (Å²) >= 11 is 0. The standard InChI is InChI=1S/C13H22N4O/c1-10(17-8-6-14-7-9-17)13-15-12(16-18-13)11-4-2-3-5-11/h10-11,14H,2-9H2,1H3. The molecule has 100 valence electrons. The molecule has 0 bridgehead atoms. The summed E-state index contributed by atoms with van der Waals surface area (Å²) in [7, 11) is 0. The summed E-state index contributed by atoms with van der Waals surface area (Å²) < 4.78 is 5.47. The molecule has 1 unspecified atom stereocenters. The van der Waals surface area contributed by atoms with Crippen LogP contribution in [0.5, 0.6) is 0 Å². The fraction of sp³-hybridized carbons (Fsp3) is 0.846. The summed E-state index contributed by atoms with van der Waals surface area (Å²) in [5.41, 5.74) is 0. The molecule has 1 N–H and O–H groups in total. The first-order valence-corrected chi connectivity index (χ1v) is 7.13. The van der Waals surface area contributed by atoms with Gasteiger partial charge in [0.15, 0.2) is 5.82 Å². The Balaban J connectivity index is 1.67. The van der Waals surface area contributed by atoms with Crippen molar-refractivity contribution >= 4 is 0 Å². The molecule has 0 radical (unpaired) electrons. The topological polar surface area (TPSA) is 54.2 Å². The summed E-state index contributed by atoms with van der Waals surface area (Å²) in [6.07, 6.45) is 5.06. The minimum atomic E-state index is 0.245. The van der Waals surface area contributed by atoms with E-state index in [0.29, 0.717) is 5.92 Å². The molecule has 1 aliphatic carbocycles. The van der Waals surface area contributed by atoms with Crippen molar-refractivity contribution in [3.8, 4) is 0 Å². The maximum absolute atomic E-state index is 5.47. The van der Waals surface area contributed by atoms with Gasteiger partial charge in [0.2, 0.25) is 5.89 Å². The van der Waals surface area contributed by atoms with Gasteiger partial charge in [-0.2, -0.15) is 4.98 Å². The van der Waals surface area contributed by atoms with Gasteiger partial charge < -0.3 is 9.84 Å². The Kier molecular flexibility index (Phi) is 3.61. The monoisotopic (exact) mass is 250 g/mol. The molecule has 2 aliphatic rings. The Bertz CT molecular complexity index is 380. The van der Waals surface area contributed by atoms with E-state index < -0.39 is 0 Å². The first-order valence-electron chi connectivity index (χ1n) is 7.13. The Labute approximate surface area is 108 Å². The van der Waals surface area contributed by atoms with E-state index in [1.54, 1.807) is 0 Å². The molecule has 0 aromatic carbocycles. The predicted octanol–water partition coefficient (Wildman–Crippen LogP) is 1.69. The summed E-state index contributed by atoms with van der Waals surface area (Å²) in [6, 6.07) is 0.245. The van der Waals surface area contributed by atoms with E-state index in [0.717, 1.165) is 37.9 Å². The Morgan fingerprint density at radius 3 is 2.72 bits per heavy atom. The molecular weight excluding hydrogens is 228 g/mol. The molecule has 2 fully saturated rings. The lowest BCUT2D eigenvalue weighted by atomic mass is 10.1. The molecule has 2 heterocycles. The van der Waals surface area contributed by atoms with Crippen LogP contribution in [-0.2, 0) is 0 Å². The molecule has 1 aliphatic heterocycles. The van der Waals surface area contributed by atoms with Gasteiger partial charge in [-0.05, 0) is 19.8 Å². The lowest BCUT2D eigenvalue weighted by Gasteiger charge is -2.30. The Hall–Kier alpha value is -0.940. The smallest absolute Gasteiger partial charge is 0.243 e. The number of rotatable bonds is 3. The third-order valence-corrected chi connectivity index (χ3v) is 4.23. The van der Waals surface area contributed by atoms with Crippen molar-refractivity contribution in [2.45, 2.75) is 44.6 Å². The molecule has 1 aromatic rings. The highest BCUT2D eigenvalue weighted by atomic mass is 16.5. The van der Waals surface area contributed by atoms with Crippen LogP contribution < -0.4 is 5.32 Å². The van der Waals surface area contributed by atoms with Crippen LogP contribution in [0.2, 0.25) is 0 Å². The lowest BCUT2D eigenvalue weighted by molar-refractivity contribution is 0.154. The largest absolute Gasteiger partial charge is 0.338 e. The molecule has 18 heavy (non-hydrogen) atoms. The molecular formula is C13H22N4O. The number of piperazine rings is 1. The van der Waals surface area contributed by atoms with Gasteiger partial charge in [0.1, 0.15) is 0 Å². The molecule has 1 atom stereocenters. The highest BCUT2D eigenvalue weighted by Gasteiger charge is 2.26. The minimum Gasteiger partial charge on any atom is -0.338 e. The van der Waals surface area contributed by atoms with Crippen LogP contribution in [0.3, 0.4) is 0 Å². The average Bonchev–Trinajstić information content (AvgIpc) is 3.09. The quantitative estimate of drug-likeness (QED) is 0.884. The zero-order valence-electron chi connectivity index (χ0n) is 11.1. The van der Waals surface area contributed by atoms with E-state index >= 15 is 0 Å². The molecule has 5 heteroatoms. The molecule has 0 amide bonds. The first-order chi connectivity index (χ1) is 8.84. The van der Waals surface area contributed by atoms with Crippen LogP contribution >= 0.6 is 0 Å². The van der Waals surface area contributed by atoms with Crippen molar-refractivity contribution < 1.29 is 4.52 Å². The third-order valence-electron chi connectivity index (χ3n) is 4.23. The number of hydrogen-bond acceptors (Lipinski definition) is 5. The second-order valence-electron chi connectivity index (χ2n) is 5.43. The van der Waals surface area contributed by atoms with Gasteiger partial charge in [-0.1, -0.05) is 18.0 Å². The van der Waals surface area contributed by atoms with E-state index in [-0.39, 0.29) is 6.04 Å². The van der Waals surface area contributed by atoms with Crippen LogP contribution in [-0.4, -0.2) is 41.2 Å². The zero-order valence-corrected chi connectivity index (χ0v) is 11.1. The SMILES string of the molecule is CC(c1nc(C2CCCC2)no1)N1CCNCC1. The molecule has 1 saturated carbocycles. The van der Waals surface area contributed by atoms with Crippen molar-refractivity contribution in [3.63, 3.8) is 0 Å². The van der Waals surface area contributed by atoms with Gasteiger partial charge in [-0.3, -0.25) is 4.90 Å². The maximum Gasteiger partial charge on any atom is 0.243 e. The van der Waals surface area contributed by atoms with Crippen LogP contribution in [0.15, 0.2) is 4.52 Å². The van der Waals surface area contributed by atoms with E-state index in [2.05, 4.69) is 27.3 Å². The Morgan fingerprint density at radius 1 is 1.28 bits per heavy atom. The summed E-state index contributed by atoms with van der Waals surface area (Å²) in [6.45, 7) is 6.38. The van der Waals surface area contributed by atoms with Crippen molar-refractivity contribution in [1.82, 2.24) is 20.4 Å². The van der Waals surface area contributed by atoms with Gasteiger partial charge in [-0.25, -0.2) is 0 Å². The molecule has 1 saturated heterocycles. The zero-order chi connectivity index (χ0) is 12.4. The molecule has 0 spiro atoms. The number of nitrogens with zero attached hydrogens (tertiary/aromatic N) is 3. The van der Waals surface area contributed by atoms with E-state index in [1.807, 2.05) is 0 Å². The van der Waals surface area contributed by atoms with E-state index in [4.69, 9.17) is 4.52 Å². The lowest BCUT2D eigenvalue weighted by Crippen LogP contribution is -2.44. The van der Waals surface area contributed by atoms with Crippen LogP contribution in [0, 0.1) is 0 Å². The second-order valence-corrected chi connectivity index (χ2v) is 5.43. The molecule has 5 nitrogen and oxygen atoms in total. The number of nitrogens with one attached hydrogen (secondary N) is 1. The fourth-order valence-electron chi connectivity index (χ4n) is 2.99. The van der Waals surface area contributed by atoms with Gasteiger partial charge in [0.25, 0.3) is 0 Å². The van der Waals surface area contributed by atoms with Crippen LogP contribution in [0.4, 0.5) is 0 Å². The van der Waals surface area contributed by atoms with Gasteiger partial charge in [-0.15, -0.1) is 0 Å². The number of aromatic nitrogens is 2. The summed E-state index contributed by atoms with van der Waals surface area (Å²) in [5.74, 6) is 2.26. The average molecular weight is 250 g/mol. The highest BCUT2D eigenvalue weighted by molar-refractivity contribution is 5.00. The minimum absolute atomic E-state index is 0.245. The fourth-order valence-corrected chi connectivity index (χ4v) is 2.99. The van der Waals surface area contributed by atoms with Crippen LogP contribution in [0.1, 0.15) is 56.3 Å². The summed E-state index contributed by atoms with van der Waals surface area (Å²) in [5, 5.41) is 7.55. The van der Waals surface area contributed by atoms with Crippen LogP contribution in [0.25, 0.3) is 0 Å². The van der Waals surface area contributed by atoms with Crippen molar-refractivity contribution in [2.24, 2.45) is 0 Å². The van der Waals surface area contributed by atoms with Crippen molar-refractivity contribution in [1.29, 1.82) is 0 Å². The normalized spacial score (nSPS) is 24.5. The number of hydrogen-bond donors (Lipinski definition) is 1. The van der Waals surface area contributed by atoms with Crippen molar-refractivity contribution in [3.05, 3.63) is 11.7 Å². The van der Waals surface area contributed by atoms with Crippen molar-refractivity contribution in [2.75, 3.05) is 26.2 Å². The van der Waals surface area contributed by atoms with Gasteiger partial charge in [0, 0.05) is 32.1 Å². The summed E-state index contributed by atoms with van der Waals surface area (Å²) in [4.78, 5) is 7.03. The van der Waals surface area contributed by atoms with E-state index in [9.17, 15) is 0 Å². The predicted molar refractivity (Wildman–Crippen MR) is 68.4 cm³/mol.